The molecule has 11 heavy (non-hydrogen) atoms. The van der Waals surface area contributed by atoms with Crippen molar-refractivity contribution in [3.05, 3.63) is 29.6 Å². The zero-order valence-electron chi connectivity index (χ0n) is 6.03. The Hall–Kier alpha value is -0.540. The summed E-state index contributed by atoms with van der Waals surface area (Å²) in [4.78, 5) is 4.13. The van der Waals surface area contributed by atoms with Crippen LogP contribution in [0.4, 0.5) is 0 Å². The third-order valence-electron chi connectivity index (χ3n) is 1.81. The van der Waals surface area contributed by atoms with Crippen LogP contribution < -0.4 is 0 Å². The van der Waals surface area contributed by atoms with Crippen molar-refractivity contribution in [2.45, 2.75) is 11.9 Å². The van der Waals surface area contributed by atoms with Crippen LogP contribution in [-0.4, -0.2) is 15.8 Å². The van der Waals surface area contributed by atoms with E-state index in [2.05, 4.69) is 4.98 Å². The van der Waals surface area contributed by atoms with Gasteiger partial charge in [-0.3, -0.25) is 4.98 Å². The van der Waals surface area contributed by atoms with Gasteiger partial charge in [0.25, 0.3) is 0 Å². The molecule has 0 amide bonds. The molecule has 2 heterocycles. The summed E-state index contributed by atoms with van der Waals surface area (Å²) in [5.41, 5.74) is 1.64. The number of nitrogens with zero attached hydrogens (tertiary/aromatic N) is 1. The molecule has 1 aliphatic rings. The van der Waals surface area contributed by atoms with Crippen molar-refractivity contribution < 1.29 is 5.11 Å². The van der Waals surface area contributed by atoms with Crippen LogP contribution in [0.15, 0.2) is 18.3 Å². The standard InChI is InChI=1S/C8H9NOS/c10-8-7-6(3-5-11-8)2-1-4-9-7/h1-2,4,8,10H,3,5H2. The molecule has 0 radical (unpaired) electrons. The summed E-state index contributed by atoms with van der Waals surface area (Å²) < 4.78 is 0. The van der Waals surface area contributed by atoms with Gasteiger partial charge in [-0.05, 0) is 18.1 Å². The van der Waals surface area contributed by atoms with E-state index < -0.39 is 5.44 Å². The lowest BCUT2D eigenvalue weighted by atomic mass is 10.1. The van der Waals surface area contributed by atoms with Crippen LogP contribution in [0.1, 0.15) is 16.7 Å². The van der Waals surface area contributed by atoms with Crippen molar-refractivity contribution in [1.29, 1.82) is 0 Å². The highest BCUT2D eigenvalue weighted by Gasteiger charge is 2.18. The minimum Gasteiger partial charge on any atom is -0.376 e. The Morgan fingerprint density at radius 3 is 3.36 bits per heavy atom. The van der Waals surface area contributed by atoms with Gasteiger partial charge in [0.15, 0.2) is 0 Å². The average molecular weight is 167 g/mol. The van der Waals surface area contributed by atoms with Gasteiger partial charge in [0.2, 0.25) is 0 Å². The van der Waals surface area contributed by atoms with Crippen LogP contribution in [0.25, 0.3) is 0 Å². The molecule has 0 saturated heterocycles. The first kappa shape index (κ1) is 7.13. The van der Waals surface area contributed by atoms with E-state index in [4.69, 9.17) is 0 Å². The summed E-state index contributed by atoms with van der Waals surface area (Å²) in [6, 6.07) is 3.95. The number of hydrogen-bond acceptors (Lipinski definition) is 3. The molecule has 2 nitrogen and oxygen atoms in total. The van der Waals surface area contributed by atoms with E-state index in [9.17, 15) is 5.11 Å². The van der Waals surface area contributed by atoms with E-state index in [-0.39, 0.29) is 0 Å². The molecule has 0 saturated carbocycles. The molecule has 0 spiro atoms. The lowest BCUT2D eigenvalue weighted by Crippen LogP contribution is -2.09. The minimum atomic E-state index is -0.403. The summed E-state index contributed by atoms with van der Waals surface area (Å²) in [6.07, 6.45) is 2.76. The van der Waals surface area contributed by atoms with Crippen molar-refractivity contribution in [1.82, 2.24) is 4.98 Å². The van der Waals surface area contributed by atoms with Gasteiger partial charge in [-0.15, -0.1) is 11.8 Å². The lowest BCUT2D eigenvalue weighted by Gasteiger charge is -2.18. The highest BCUT2D eigenvalue weighted by atomic mass is 32.2. The fourth-order valence-corrected chi connectivity index (χ4v) is 2.18. The average Bonchev–Trinajstić information content (AvgIpc) is 2.06. The second-order valence-electron chi connectivity index (χ2n) is 2.52. The Bertz CT molecular complexity index is 264. The van der Waals surface area contributed by atoms with Gasteiger partial charge in [-0.2, -0.15) is 0 Å². The first-order chi connectivity index (χ1) is 5.38. The summed E-state index contributed by atoms with van der Waals surface area (Å²) in [5.74, 6) is 1.000. The molecule has 0 fully saturated rings. The number of rotatable bonds is 0. The molecule has 0 aromatic carbocycles. The van der Waals surface area contributed by atoms with E-state index in [1.165, 1.54) is 5.56 Å². The van der Waals surface area contributed by atoms with E-state index >= 15 is 0 Å². The van der Waals surface area contributed by atoms with Crippen LogP contribution in [0.5, 0.6) is 0 Å². The second kappa shape index (κ2) is 2.83. The van der Waals surface area contributed by atoms with E-state index in [0.29, 0.717) is 0 Å². The van der Waals surface area contributed by atoms with Gasteiger partial charge in [-0.1, -0.05) is 6.07 Å². The van der Waals surface area contributed by atoms with Crippen molar-refractivity contribution in [3.63, 3.8) is 0 Å². The normalized spacial score (nSPS) is 22.8. The number of pyridine rings is 1. The van der Waals surface area contributed by atoms with E-state index in [0.717, 1.165) is 17.9 Å². The number of thioether (sulfide) groups is 1. The lowest BCUT2D eigenvalue weighted by molar-refractivity contribution is 0.262. The monoisotopic (exact) mass is 167 g/mol. The number of fused-ring (bicyclic) bond motifs is 1. The summed E-state index contributed by atoms with van der Waals surface area (Å²) >= 11 is 1.55. The second-order valence-corrected chi connectivity index (χ2v) is 3.71. The fourth-order valence-electron chi connectivity index (χ4n) is 1.24. The predicted octanol–water partition coefficient (Wildman–Crippen LogP) is 1.36. The smallest absolute Gasteiger partial charge is 0.142 e. The predicted molar refractivity (Wildman–Crippen MR) is 45.4 cm³/mol. The van der Waals surface area contributed by atoms with Crippen molar-refractivity contribution >= 4 is 11.8 Å². The molecule has 1 aromatic heterocycles. The minimum absolute atomic E-state index is 0.403. The Kier molecular flexibility index (Phi) is 1.84. The van der Waals surface area contributed by atoms with Gasteiger partial charge >= 0.3 is 0 Å². The van der Waals surface area contributed by atoms with Gasteiger partial charge in [0, 0.05) is 11.9 Å². The van der Waals surface area contributed by atoms with Crippen molar-refractivity contribution in [2.24, 2.45) is 0 Å². The number of aryl methyl sites for hydroxylation is 1. The van der Waals surface area contributed by atoms with Crippen LogP contribution in [0.3, 0.4) is 0 Å². The van der Waals surface area contributed by atoms with Crippen molar-refractivity contribution in [2.75, 3.05) is 5.75 Å². The molecule has 58 valence electrons. The molecule has 0 aliphatic carbocycles. The van der Waals surface area contributed by atoms with Gasteiger partial charge in [-0.25, -0.2) is 0 Å². The third-order valence-corrected chi connectivity index (χ3v) is 2.79. The molecular weight excluding hydrogens is 158 g/mol. The van der Waals surface area contributed by atoms with Crippen LogP contribution in [0, 0.1) is 0 Å². The van der Waals surface area contributed by atoms with Crippen LogP contribution in [-0.2, 0) is 6.42 Å². The van der Waals surface area contributed by atoms with Crippen LogP contribution in [0.2, 0.25) is 0 Å². The largest absolute Gasteiger partial charge is 0.376 e. The molecule has 0 bridgehead atoms. The fraction of sp³-hybridized carbons (Fsp3) is 0.375. The summed E-state index contributed by atoms with van der Waals surface area (Å²) in [6.45, 7) is 0. The van der Waals surface area contributed by atoms with Gasteiger partial charge < -0.3 is 5.11 Å². The maximum Gasteiger partial charge on any atom is 0.142 e. The molecular formula is C8H9NOS. The first-order valence-corrected chi connectivity index (χ1v) is 4.66. The Morgan fingerprint density at radius 1 is 1.64 bits per heavy atom. The van der Waals surface area contributed by atoms with Crippen molar-refractivity contribution in [3.8, 4) is 0 Å². The van der Waals surface area contributed by atoms with E-state index in [1.807, 2.05) is 12.1 Å². The number of aliphatic hydroxyl groups excluding tert-OH is 1. The quantitative estimate of drug-likeness (QED) is 0.633. The zero-order valence-corrected chi connectivity index (χ0v) is 6.84. The first-order valence-electron chi connectivity index (χ1n) is 3.61. The molecule has 1 N–H and O–H groups in total. The third kappa shape index (κ3) is 1.26. The Labute approximate surface area is 69.7 Å². The Balaban J connectivity index is 2.44. The Morgan fingerprint density at radius 2 is 2.55 bits per heavy atom. The highest BCUT2D eigenvalue weighted by molar-refractivity contribution is 7.99. The van der Waals surface area contributed by atoms with Gasteiger partial charge in [0.1, 0.15) is 5.44 Å². The van der Waals surface area contributed by atoms with Crippen LogP contribution >= 0.6 is 11.8 Å². The summed E-state index contributed by atoms with van der Waals surface area (Å²) in [7, 11) is 0. The maximum atomic E-state index is 9.46. The maximum absolute atomic E-state index is 9.46. The van der Waals surface area contributed by atoms with Gasteiger partial charge in [0.05, 0.1) is 5.69 Å². The molecule has 3 heteroatoms. The highest BCUT2D eigenvalue weighted by Crippen LogP contribution is 2.32. The number of hydrogen-bond donors (Lipinski definition) is 1. The molecule has 1 atom stereocenters. The topological polar surface area (TPSA) is 33.1 Å². The SMILES string of the molecule is OC1SCCc2cccnc21. The molecule has 1 unspecified atom stereocenters. The van der Waals surface area contributed by atoms with E-state index in [1.54, 1.807) is 18.0 Å². The molecule has 2 rings (SSSR count). The zero-order chi connectivity index (χ0) is 7.68. The number of aromatic nitrogens is 1. The molecule has 1 aliphatic heterocycles. The number of aliphatic hydroxyl groups is 1. The summed E-state index contributed by atoms with van der Waals surface area (Å²) in [5, 5.41) is 9.46. The molecule has 1 aromatic rings.